The van der Waals surface area contributed by atoms with Gasteiger partial charge in [0.05, 0.1) is 0 Å². The van der Waals surface area contributed by atoms with Crippen molar-refractivity contribution in [3.05, 3.63) is 72.3 Å². The van der Waals surface area contributed by atoms with E-state index in [4.69, 9.17) is 11.5 Å². The monoisotopic (exact) mass is 259 g/mol. The number of carbonyl (C=O) groups is 1. The fourth-order valence-electron chi connectivity index (χ4n) is 1.04. The van der Waals surface area contributed by atoms with Crippen LogP contribution in [0.4, 0.5) is 0 Å². The molecule has 0 atom stereocenters. The molecule has 19 heavy (non-hydrogen) atoms. The van der Waals surface area contributed by atoms with E-state index < -0.39 is 0 Å². The molecular weight excluding hydrogens is 238 g/mol. The fraction of sp³-hybridized carbons (Fsp3) is 0.133. The van der Waals surface area contributed by atoms with Crippen LogP contribution in [0, 0.1) is 0 Å². The molecule has 0 saturated carbocycles. The molecule has 1 amide bonds. The van der Waals surface area contributed by atoms with E-state index in [0.717, 1.165) is 0 Å². The van der Waals surface area contributed by atoms with Gasteiger partial charge >= 0.3 is 0 Å². The van der Waals surface area contributed by atoms with E-state index in [0.29, 0.717) is 22.7 Å². The summed E-state index contributed by atoms with van der Waals surface area (Å²) < 4.78 is 0. The average molecular weight is 259 g/mol. The first kappa shape index (κ1) is 16.5. The summed E-state index contributed by atoms with van der Waals surface area (Å²) in [6.07, 6.45) is 9.60. The number of rotatable bonds is 6. The molecule has 0 aromatic rings. The Labute approximate surface area is 114 Å². The van der Waals surface area contributed by atoms with Crippen LogP contribution >= 0.6 is 0 Å². The van der Waals surface area contributed by atoms with Crippen LogP contribution < -0.4 is 16.8 Å². The molecule has 4 heteroatoms. The van der Waals surface area contributed by atoms with Gasteiger partial charge in [-0.05, 0) is 44.2 Å². The maximum atomic E-state index is 11.9. The predicted molar refractivity (Wildman–Crippen MR) is 80.6 cm³/mol. The van der Waals surface area contributed by atoms with E-state index in [1.807, 2.05) is 0 Å². The molecule has 0 spiro atoms. The summed E-state index contributed by atoms with van der Waals surface area (Å²) in [5.41, 5.74) is 13.3. The minimum Gasteiger partial charge on any atom is -0.402 e. The van der Waals surface area contributed by atoms with Crippen LogP contribution in [0.3, 0.4) is 0 Å². The normalized spacial score (nSPS) is 14.0. The smallest absolute Gasteiger partial charge is 0.255 e. The quantitative estimate of drug-likeness (QED) is 0.504. The van der Waals surface area contributed by atoms with Crippen molar-refractivity contribution in [2.45, 2.75) is 13.8 Å². The van der Waals surface area contributed by atoms with Gasteiger partial charge in [0.25, 0.3) is 5.91 Å². The lowest BCUT2D eigenvalue weighted by Gasteiger charge is -2.05. The zero-order chi connectivity index (χ0) is 14.8. The summed E-state index contributed by atoms with van der Waals surface area (Å²) in [7, 11) is 0. The van der Waals surface area contributed by atoms with Gasteiger partial charge in [-0.3, -0.25) is 4.79 Å². The summed E-state index contributed by atoms with van der Waals surface area (Å²) >= 11 is 0. The number of hydrogen-bond acceptors (Lipinski definition) is 3. The SMILES string of the molecule is C=C/C(N)=C\C=C(/C)NC(=O)/C(C=C)=C/C=C(\C)N. The van der Waals surface area contributed by atoms with E-state index in [9.17, 15) is 4.79 Å². The Morgan fingerprint density at radius 2 is 1.63 bits per heavy atom. The first-order chi connectivity index (χ1) is 8.90. The molecule has 0 unspecified atom stereocenters. The van der Waals surface area contributed by atoms with Gasteiger partial charge < -0.3 is 16.8 Å². The largest absolute Gasteiger partial charge is 0.402 e. The minimum atomic E-state index is -0.258. The van der Waals surface area contributed by atoms with Crippen molar-refractivity contribution in [2.75, 3.05) is 0 Å². The Bertz CT molecular complexity index is 476. The Balaban J connectivity index is 4.85. The standard InChI is InChI=1S/C15H21N3O/c1-5-13(9-7-11(3)16)15(19)18-12(4)8-10-14(17)6-2/h5-10H,1-2,16-17H2,3-4H3,(H,18,19)/b11-7+,12-8+,13-9+,14-10+. The maximum Gasteiger partial charge on any atom is 0.255 e. The van der Waals surface area contributed by atoms with Crippen molar-refractivity contribution in [1.29, 1.82) is 0 Å². The Kier molecular flexibility index (Phi) is 7.45. The van der Waals surface area contributed by atoms with Gasteiger partial charge in [0.15, 0.2) is 0 Å². The number of nitrogens with two attached hydrogens (primary N) is 2. The molecule has 0 aromatic carbocycles. The zero-order valence-electron chi connectivity index (χ0n) is 11.4. The third-order valence-corrected chi connectivity index (χ3v) is 2.08. The molecule has 0 aliphatic carbocycles. The second kappa shape index (κ2) is 8.58. The molecule has 102 valence electrons. The van der Waals surface area contributed by atoms with E-state index in [1.165, 1.54) is 12.2 Å². The summed E-state index contributed by atoms with van der Waals surface area (Å²) in [6, 6.07) is 0. The number of amides is 1. The van der Waals surface area contributed by atoms with Crippen LogP contribution in [0.2, 0.25) is 0 Å². The molecular formula is C15H21N3O. The summed E-state index contributed by atoms with van der Waals surface area (Å²) in [5.74, 6) is -0.258. The van der Waals surface area contributed by atoms with Gasteiger partial charge in [-0.15, -0.1) is 0 Å². The van der Waals surface area contributed by atoms with Crippen molar-refractivity contribution < 1.29 is 4.79 Å². The Hall–Kier alpha value is -2.49. The van der Waals surface area contributed by atoms with Crippen molar-refractivity contribution in [3.8, 4) is 0 Å². The second-order valence-electron chi connectivity index (χ2n) is 3.91. The van der Waals surface area contributed by atoms with Crippen LogP contribution in [0.15, 0.2) is 72.3 Å². The van der Waals surface area contributed by atoms with E-state index in [-0.39, 0.29) is 5.91 Å². The van der Waals surface area contributed by atoms with Gasteiger partial charge in [-0.25, -0.2) is 0 Å². The highest BCUT2D eigenvalue weighted by atomic mass is 16.1. The number of nitrogens with one attached hydrogen (secondary N) is 1. The highest BCUT2D eigenvalue weighted by Gasteiger charge is 2.04. The van der Waals surface area contributed by atoms with Gasteiger partial charge in [-0.1, -0.05) is 19.2 Å². The van der Waals surface area contributed by atoms with E-state index >= 15 is 0 Å². The second-order valence-corrected chi connectivity index (χ2v) is 3.91. The van der Waals surface area contributed by atoms with Crippen molar-refractivity contribution in [1.82, 2.24) is 5.32 Å². The minimum absolute atomic E-state index is 0.258. The van der Waals surface area contributed by atoms with Gasteiger partial charge in [0.2, 0.25) is 0 Å². The molecule has 0 aliphatic heterocycles. The molecule has 0 heterocycles. The maximum absolute atomic E-state index is 11.9. The van der Waals surface area contributed by atoms with E-state index in [1.54, 1.807) is 38.2 Å². The fourth-order valence-corrected chi connectivity index (χ4v) is 1.04. The lowest BCUT2D eigenvalue weighted by Crippen LogP contribution is -2.22. The van der Waals surface area contributed by atoms with Gasteiger partial charge in [0.1, 0.15) is 0 Å². The Morgan fingerprint density at radius 3 is 2.11 bits per heavy atom. The van der Waals surface area contributed by atoms with Crippen molar-refractivity contribution in [2.24, 2.45) is 11.5 Å². The molecule has 5 N–H and O–H groups in total. The first-order valence-corrected chi connectivity index (χ1v) is 5.75. The number of allylic oxidation sites excluding steroid dienone is 7. The summed E-state index contributed by atoms with van der Waals surface area (Å²) in [6.45, 7) is 10.6. The Morgan fingerprint density at radius 1 is 1.00 bits per heavy atom. The summed E-state index contributed by atoms with van der Waals surface area (Å²) in [5, 5.41) is 2.71. The van der Waals surface area contributed by atoms with E-state index in [2.05, 4.69) is 18.5 Å². The van der Waals surface area contributed by atoms with Gasteiger partial charge in [-0.2, -0.15) is 0 Å². The number of carbonyl (C=O) groups excluding carboxylic acids is 1. The topological polar surface area (TPSA) is 81.1 Å². The highest BCUT2D eigenvalue weighted by Crippen LogP contribution is 2.00. The van der Waals surface area contributed by atoms with Crippen molar-refractivity contribution >= 4 is 5.91 Å². The lowest BCUT2D eigenvalue weighted by atomic mass is 10.2. The third kappa shape index (κ3) is 7.44. The van der Waals surface area contributed by atoms with Crippen LogP contribution in [0.25, 0.3) is 0 Å². The molecule has 0 saturated heterocycles. The number of hydrogen-bond donors (Lipinski definition) is 3. The van der Waals surface area contributed by atoms with Crippen molar-refractivity contribution in [3.63, 3.8) is 0 Å². The molecule has 0 aromatic heterocycles. The van der Waals surface area contributed by atoms with Crippen LogP contribution in [0.1, 0.15) is 13.8 Å². The average Bonchev–Trinajstić information content (AvgIpc) is 2.36. The zero-order valence-corrected chi connectivity index (χ0v) is 11.4. The van der Waals surface area contributed by atoms with Crippen LogP contribution in [-0.4, -0.2) is 5.91 Å². The lowest BCUT2D eigenvalue weighted by molar-refractivity contribution is -0.116. The van der Waals surface area contributed by atoms with Crippen LogP contribution in [-0.2, 0) is 4.79 Å². The molecule has 0 rings (SSSR count). The molecule has 0 aliphatic rings. The molecule has 4 nitrogen and oxygen atoms in total. The van der Waals surface area contributed by atoms with Crippen LogP contribution in [0.5, 0.6) is 0 Å². The molecule has 0 fully saturated rings. The highest BCUT2D eigenvalue weighted by molar-refractivity contribution is 5.97. The molecule has 0 bridgehead atoms. The molecule has 0 radical (unpaired) electrons. The first-order valence-electron chi connectivity index (χ1n) is 5.75. The summed E-state index contributed by atoms with van der Waals surface area (Å²) in [4.78, 5) is 11.9. The predicted octanol–water partition coefficient (Wildman–Crippen LogP) is 2.01. The third-order valence-electron chi connectivity index (χ3n) is 2.08. The van der Waals surface area contributed by atoms with Gasteiger partial charge in [0, 0.05) is 22.7 Å².